The van der Waals surface area contributed by atoms with Gasteiger partial charge in [-0.1, -0.05) is 23.7 Å². The number of benzene rings is 1. The van der Waals surface area contributed by atoms with Crippen LogP contribution in [0.3, 0.4) is 0 Å². The quantitative estimate of drug-likeness (QED) is 0.873. The lowest BCUT2D eigenvalue weighted by atomic mass is 10.3. The second-order valence-corrected chi connectivity index (χ2v) is 4.84. The van der Waals surface area contributed by atoms with E-state index in [9.17, 15) is 0 Å². The number of nitrogen functional groups attached to an aromatic ring is 1. The van der Waals surface area contributed by atoms with Crippen molar-refractivity contribution in [1.29, 1.82) is 5.26 Å². The summed E-state index contributed by atoms with van der Waals surface area (Å²) in [6.45, 7) is 0. The fourth-order valence-corrected chi connectivity index (χ4v) is 2.40. The summed E-state index contributed by atoms with van der Waals surface area (Å²) in [5, 5.41) is 9.42. The molecule has 0 spiro atoms. The summed E-state index contributed by atoms with van der Waals surface area (Å²) in [5.74, 6) is 1.35. The van der Waals surface area contributed by atoms with Crippen LogP contribution in [0.4, 0.5) is 5.82 Å². The van der Waals surface area contributed by atoms with Crippen LogP contribution in [0.1, 0.15) is 11.4 Å². The molecule has 0 saturated heterocycles. The third-order valence-electron chi connectivity index (χ3n) is 2.18. The first-order valence-corrected chi connectivity index (χ1v) is 6.46. The van der Waals surface area contributed by atoms with Crippen molar-refractivity contribution in [2.45, 2.75) is 10.6 Å². The number of thioether (sulfide) groups is 1. The summed E-state index contributed by atoms with van der Waals surface area (Å²) in [6.07, 6.45) is 1.44. The van der Waals surface area contributed by atoms with Crippen LogP contribution in [0.15, 0.2) is 35.4 Å². The molecule has 0 bridgehead atoms. The molecule has 1 aromatic carbocycles. The van der Waals surface area contributed by atoms with Gasteiger partial charge in [0.05, 0.1) is 17.0 Å². The van der Waals surface area contributed by atoms with E-state index in [4.69, 9.17) is 22.6 Å². The van der Waals surface area contributed by atoms with Crippen molar-refractivity contribution in [2.75, 3.05) is 5.73 Å². The fourth-order valence-electron chi connectivity index (χ4n) is 1.29. The van der Waals surface area contributed by atoms with E-state index in [0.29, 0.717) is 22.2 Å². The summed E-state index contributed by atoms with van der Waals surface area (Å²) >= 11 is 7.57. The van der Waals surface area contributed by atoms with E-state index in [1.165, 1.54) is 18.0 Å². The highest BCUT2D eigenvalue weighted by Gasteiger charge is 2.05. The molecule has 0 saturated carbocycles. The molecule has 2 rings (SSSR count). The van der Waals surface area contributed by atoms with Crippen molar-refractivity contribution in [3.8, 4) is 6.07 Å². The Balaban J connectivity index is 2.10. The Morgan fingerprint density at radius 2 is 2.17 bits per heavy atom. The Labute approximate surface area is 114 Å². The van der Waals surface area contributed by atoms with Gasteiger partial charge < -0.3 is 5.73 Å². The molecule has 0 atom stereocenters. The predicted octanol–water partition coefficient (Wildman–Crippen LogP) is 2.88. The molecule has 90 valence electrons. The van der Waals surface area contributed by atoms with E-state index in [-0.39, 0.29) is 5.82 Å². The smallest absolute Gasteiger partial charge is 0.145 e. The molecule has 0 aliphatic rings. The first kappa shape index (κ1) is 12.7. The van der Waals surface area contributed by atoms with E-state index < -0.39 is 0 Å². The van der Waals surface area contributed by atoms with Crippen molar-refractivity contribution in [2.24, 2.45) is 0 Å². The third-order valence-corrected chi connectivity index (χ3v) is 3.69. The van der Waals surface area contributed by atoms with Crippen molar-refractivity contribution in [3.63, 3.8) is 0 Å². The molecule has 0 amide bonds. The van der Waals surface area contributed by atoms with Crippen molar-refractivity contribution < 1.29 is 0 Å². The molecule has 0 aliphatic heterocycles. The van der Waals surface area contributed by atoms with E-state index in [1.54, 1.807) is 0 Å². The maximum atomic E-state index is 8.72. The average Bonchev–Trinajstić information content (AvgIpc) is 2.38. The molecule has 2 N–H and O–H groups in total. The Bertz CT molecular complexity index is 609. The minimum absolute atomic E-state index is 0.210. The number of hydrogen-bond acceptors (Lipinski definition) is 5. The minimum Gasteiger partial charge on any atom is -0.382 e. The van der Waals surface area contributed by atoms with Crippen LogP contribution >= 0.6 is 23.4 Å². The summed E-state index contributed by atoms with van der Waals surface area (Å²) < 4.78 is 0. The van der Waals surface area contributed by atoms with Crippen LogP contribution in [0.2, 0.25) is 5.02 Å². The topological polar surface area (TPSA) is 75.6 Å². The number of halogens is 1. The van der Waals surface area contributed by atoms with Gasteiger partial charge in [0.1, 0.15) is 23.3 Å². The molecule has 2 aromatic rings. The van der Waals surface area contributed by atoms with Crippen LogP contribution in [0.25, 0.3) is 0 Å². The first-order chi connectivity index (χ1) is 8.70. The first-order valence-electron chi connectivity index (χ1n) is 5.09. The van der Waals surface area contributed by atoms with Crippen LogP contribution in [0.5, 0.6) is 0 Å². The van der Waals surface area contributed by atoms with Crippen LogP contribution < -0.4 is 5.73 Å². The number of aromatic nitrogens is 2. The van der Waals surface area contributed by atoms with Gasteiger partial charge >= 0.3 is 0 Å². The zero-order valence-electron chi connectivity index (χ0n) is 9.30. The van der Waals surface area contributed by atoms with Crippen LogP contribution in [0, 0.1) is 11.3 Å². The highest BCUT2D eigenvalue weighted by Crippen LogP contribution is 2.28. The van der Waals surface area contributed by atoms with Crippen molar-refractivity contribution >= 4 is 29.2 Å². The standard InChI is InChI=1S/C12H9ClN4S/c13-9-3-1-2-4-10(9)18-7-11-16-6-8(5-14)12(15)17-11/h1-4,6H,7H2,(H2,15,16,17). The molecule has 1 aromatic heterocycles. The maximum Gasteiger partial charge on any atom is 0.145 e. The largest absolute Gasteiger partial charge is 0.382 e. The summed E-state index contributed by atoms with van der Waals surface area (Å²) in [4.78, 5) is 9.11. The Morgan fingerprint density at radius 1 is 1.39 bits per heavy atom. The lowest BCUT2D eigenvalue weighted by Crippen LogP contribution is -2.00. The molecular formula is C12H9ClN4S. The highest BCUT2D eigenvalue weighted by atomic mass is 35.5. The molecule has 0 aliphatic carbocycles. The number of hydrogen-bond donors (Lipinski definition) is 1. The zero-order valence-corrected chi connectivity index (χ0v) is 10.9. The maximum absolute atomic E-state index is 8.72. The third kappa shape index (κ3) is 2.92. The minimum atomic E-state index is 0.210. The number of nitrogens with two attached hydrogens (primary N) is 1. The number of rotatable bonds is 3. The Hall–Kier alpha value is -1.77. The van der Waals surface area contributed by atoms with Gasteiger partial charge in [-0.05, 0) is 12.1 Å². The Morgan fingerprint density at radius 3 is 2.83 bits per heavy atom. The summed E-state index contributed by atoms with van der Waals surface area (Å²) in [6, 6.07) is 9.49. The van der Waals surface area contributed by atoms with E-state index >= 15 is 0 Å². The van der Waals surface area contributed by atoms with Crippen molar-refractivity contribution in [3.05, 3.63) is 46.9 Å². The molecular weight excluding hydrogens is 268 g/mol. The summed E-state index contributed by atoms with van der Waals surface area (Å²) in [7, 11) is 0. The van der Waals surface area contributed by atoms with Gasteiger partial charge in [-0.15, -0.1) is 11.8 Å². The molecule has 6 heteroatoms. The lowest BCUT2D eigenvalue weighted by Gasteiger charge is -2.04. The van der Waals surface area contributed by atoms with Crippen molar-refractivity contribution in [1.82, 2.24) is 9.97 Å². The lowest BCUT2D eigenvalue weighted by molar-refractivity contribution is 1.03. The fraction of sp³-hybridized carbons (Fsp3) is 0.0833. The number of anilines is 1. The molecule has 18 heavy (non-hydrogen) atoms. The van der Waals surface area contributed by atoms with Crippen LogP contribution in [-0.4, -0.2) is 9.97 Å². The second-order valence-electron chi connectivity index (χ2n) is 3.42. The molecule has 4 nitrogen and oxygen atoms in total. The van der Waals surface area contributed by atoms with E-state index in [1.807, 2.05) is 30.3 Å². The van der Waals surface area contributed by atoms with Crippen LogP contribution in [-0.2, 0) is 5.75 Å². The van der Waals surface area contributed by atoms with Gasteiger partial charge in [0.15, 0.2) is 0 Å². The molecule has 0 radical (unpaired) electrons. The van der Waals surface area contributed by atoms with Gasteiger partial charge in [-0.2, -0.15) is 5.26 Å². The summed E-state index contributed by atoms with van der Waals surface area (Å²) in [5.41, 5.74) is 5.91. The van der Waals surface area contributed by atoms with Gasteiger partial charge in [-0.3, -0.25) is 0 Å². The van der Waals surface area contributed by atoms with Gasteiger partial charge in [0, 0.05) is 4.90 Å². The Kier molecular flexibility index (Phi) is 4.03. The number of nitriles is 1. The SMILES string of the molecule is N#Cc1cnc(CSc2ccccc2Cl)nc1N. The predicted molar refractivity (Wildman–Crippen MR) is 72.2 cm³/mol. The van der Waals surface area contributed by atoms with Gasteiger partial charge in [-0.25, -0.2) is 9.97 Å². The monoisotopic (exact) mass is 276 g/mol. The normalized spacial score (nSPS) is 10.0. The van der Waals surface area contributed by atoms with Gasteiger partial charge in [0.25, 0.3) is 0 Å². The zero-order chi connectivity index (χ0) is 13.0. The molecule has 0 unspecified atom stereocenters. The van der Waals surface area contributed by atoms with E-state index in [0.717, 1.165) is 4.90 Å². The van der Waals surface area contributed by atoms with Gasteiger partial charge in [0.2, 0.25) is 0 Å². The van der Waals surface area contributed by atoms with E-state index in [2.05, 4.69) is 9.97 Å². The molecule has 1 heterocycles. The molecule has 0 fully saturated rings. The second kappa shape index (κ2) is 5.71. The highest BCUT2D eigenvalue weighted by molar-refractivity contribution is 7.98. The number of nitrogens with zero attached hydrogens (tertiary/aromatic N) is 3. The average molecular weight is 277 g/mol.